The largest absolute Gasteiger partial charge is 0.378 e. The lowest BCUT2D eigenvalue weighted by molar-refractivity contribution is -0.116. The zero-order valence-corrected chi connectivity index (χ0v) is 15.6. The second-order valence-electron chi connectivity index (χ2n) is 6.42. The number of hydrogen-bond donors (Lipinski definition) is 1. The van der Waals surface area contributed by atoms with Crippen molar-refractivity contribution in [2.24, 2.45) is 0 Å². The second-order valence-corrected chi connectivity index (χ2v) is 6.42. The average molecular weight is 372 g/mol. The van der Waals surface area contributed by atoms with E-state index in [4.69, 9.17) is 9.47 Å². The molecule has 2 heterocycles. The summed E-state index contributed by atoms with van der Waals surface area (Å²) in [6.07, 6.45) is 0. The summed E-state index contributed by atoms with van der Waals surface area (Å²) in [5, 5.41) is 2.83. The Hall–Kier alpha value is -2.71. The number of benzene rings is 1. The van der Waals surface area contributed by atoms with Gasteiger partial charge in [0.15, 0.2) is 0 Å². The Kier molecular flexibility index (Phi) is 6.20. The molecule has 1 amide bonds. The Balaban J connectivity index is 1.86. The molecule has 0 spiro atoms. The van der Waals surface area contributed by atoms with Crippen molar-refractivity contribution < 1.29 is 14.3 Å². The topological polar surface area (TPSA) is 85.7 Å². The van der Waals surface area contributed by atoms with Gasteiger partial charge < -0.3 is 19.7 Å². The van der Waals surface area contributed by atoms with E-state index in [-0.39, 0.29) is 24.6 Å². The molecule has 8 nitrogen and oxygen atoms in total. The number of nitrogens with one attached hydrogen (secondary N) is 1. The van der Waals surface area contributed by atoms with Gasteiger partial charge in [0.2, 0.25) is 11.9 Å². The third kappa shape index (κ3) is 4.93. The number of nitrogens with zero attached hydrogens (tertiary/aromatic N) is 3. The first kappa shape index (κ1) is 19.1. The molecule has 1 fully saturated rings. The number of carbonyl (C=O) groups is 1. The first-order chi connectivity index (χ1) is 13.1. The first-order valence-electron chi connectivity index (χ1n) is 8.86. The molecule has 0 radical (unpaired) electrons. The van der Waals surface area contributed by atoms with Crippen molar-refractivity contribution in [3.63, 3.8) is 0 Å². The summed E-state index contributed by atoms with van der Waals surface area (Å²) >= 11 is 0. The van der Waals surface area contributed by atoms with Crippen LogP contribution in [-0.2, 0) is 27.4 Å². The van der Waals surface area contributed by atoms with Gasteiger partial charge in [0.05, 0.1) is 25.5 Å². The van der Waals surface area contributed by atoms with E-state index in [1.165, 1.54) is 10.6 Å². The summed E-state index contributed by atoms with van der Waals surface area (Å²) in [4.78, 5) is 31.7. The van der Waals surface area contributed by atoms with Crippen molar-refractivity contribution >= 4 is 17.5 Å². The minimum absolute atomic E-state index is 0.111. The molecule has 1 saturated heterocycles. The fourth-order valence-electron chi connectivity index (χ4n) is 2.98. The van der Waals surface area contributed by atoms with Crippen LogP contribution >= 0.6 is 0 Å². The molecule has 1 N–H and O–H groups in total. The molecule has 1 aromatic heterocycles. The summed E-state index contributed by atoms with van der Waals surface area (Å²) in [7, 11) is 1.55. The maximum atomic E-state index is 12.6. The molecule has 0 unspecified atom stereocenters. The summed E-state index contributed by atoms with van der Waals surface area (Å²) in [6, 6.07) is 8.93. The Morgan fingerprint density at radius 3 is 2.78 bits per heavy atom. The van der Waals surface area contributed by atoms with Gasteiger partial charge in [0, 0.05) is 32.0 Å². The van der Waals surface area contributed by atoms with E-state index in [1.807, 2.05) is 36.1 Å². The summed E-state index contributed by atoms with van der Waals surface area (Å²) in [5.74, 6) is 0.191. The third-order valence-electron chi connectivity index (χ3n) is 4.23. The number of rotatable bonds is 6. The quantitative estimate of drug-likeness (QED) is 0.819. The van der Waals surface area contributed by atoms with E-state index in [0.29, 0.717) is 43.6 Å². The van der Waals surface area contributed by atoms with Gasteiger partial charge in [0.25, 0.3) is 5.56 Å². The molecule has 2 aromatic rings. The lowest BCUT2D eigenvalue weighted by atomic mass is 10.2. The predicted molar refractivity (Wildman–Crippen MR) is 102 cm³/mol. The highest BCUT2D eigenvalue weighted by atomic mass is 16.5. The third-order valence-corrected chi connectivity index (χ3v) is 4.23. The van der Waals surface area contributed by atoms with Gasteiger partial charge in [-0.3, -0.25) is 14.2 Å². The zero-order chi connectivity index (χ0) is 19.2. The fraction of sp³-hybridized carbons (Fsp3) is 0.421. The van der Waals surface area contributed by atoms with E-state index < -0.39 is 0 Å². The number of aryl methyl sites for hydroxylation is 1. The number of carbonyl (C=O) groups excluding carboxylic acids is 1. The molecule has 27 heavy (non-hydrogen) atoms. The SMILES string of the molecule is COCc1cc(=O)n(CC(=O)Nc2cccc(C)c2)c(N2CCOCC2)n1. The predicted octanol–water partition coefficient (Wildman–Crippen LogP) is 1.17. The van der Waals surface area contributed by atoms with Gasteiger partial charge in [-0.25, -0.2) is 4.98 Å². The number of methoxy groups -OCH3 is 1. The highest BCUT2D eigenvalue weighted by Crippen LogP contribution is 2.14. The highest BCUT2D eigenvalue weighted by molar-refractivity contribution is 5.90. The maximum absolute atomic E-state index is 12.6. The molecule has 0 saturated carbocycles. The molecule has 0 atom stereocenters. The minimum atomic E-state index is -0.280. The van der Waals surface area contributed by atoms with Crippen molar-refractivity contribution in [1.29, 1.82) is 0 Å². The number of morpholine rings is 1. The van der Waals surface area contributed by atoms with Crippen molar-refractivity contribution in [2.45, 2.75) is 20.1 Å². The smallest absolute Gasteiger partial charge is 0.255 e. The van der Waals surface area contributed by atoms with Crippen LogP contribution in [0, 0.1) is 6.92 Å². The van der Waals surface area contributed by atoms with E-state index in [1.54, 1.807) is 7.11 Å². The number of anilines is 2. The Labute approximate surface area is 157 Å². The van der Waals surface area contributed by atoms with Gasteiger partial charge in [-0.05, 0) is 24.6 Å². The van der Waals surface area contributed by atoms with Crippen LogP contribution in [0.5, 0.6) is 0 Å². The van der Waals surface area contributed by atoms with Crippen molar-refractivity contribution in [3.8, 4) is 0 Å². The summed E-state index contributed by atoms with van der Waals surface area (Å²) < 4.78 is 11.9. The second kappa shape index (κ2) is 8.79. The fourth-order valence-corrected chi connectivity index (χ4v) is 2.98. The number of aromatic nitrogens is 2. The summed E-state index contributed by atoms with van der Waals surface area (Å²) in [5.41, 5.74) is 2.01. The molecule has 1 aromatic carbocycles. The molecule has 1 aliphatic rings. The lowest BCUT2D eigenvalue weighted by Gasteiger charge is -2.29. The number of ether oxygens (including phenoxy) is 2. The van der Waals surface area contributed by atoms with Crippen LogP contribution < -0.4 is 15.8 Å². The molecule has 0 aliphatic carbocycles. The summed E-state index contributed by atoms with van der Waals surface area (Å²) in [6.45, 7) is 4.42. The molecular formula is C19H24N4O4. The standard InChI is InChI=1S/C19H24N4O4/c1-14-4-3-5-15(10-14)20-17(24)12-23-18(25)11-16(13-26-2)21-19(23)22-6-8-27-9-7-22/h3-5,10-11H,6-9,12-13H2,1-2H3,(H,20,24). The van der Waals surface area contributed by atoms with Crippen LogP contribution in [0.3, 0.4) is 0 Å². The van der Waals surface area contributed by atoms with Crippen molar-refractivity contribution in [2.75, 3.05) is 43.6 Å². The Morgan fingerprint density at radius 2 is 2.07 bits per heavy atom. The number of amides is 1. The monoisotopic (exact) mass is 372 g/mol. The maximum Gasteiger partial charge on any atom is 0.255 e. The van der Waals surface area contributed by atoms with Crippen LogP contribution in [0.1, 0.15) is 11.3 Å². The van der Waals surface area contributed by atoms with Crippen LogP contribution in [0.25, 0.3) is 0 Å². The first-order valence-corrected chi connectivity index (χ1v) is 8.86. The van der Waals surface area contributed by atoms with Crippen molar-refractivity contribution in [3.05, 3.63) is 51.9 Å². The van der Waals surface area contributed by atoms with E-state index in [9.17, 15) is 9.59 Å². The van der Waals surface area contributed by atoms with Crippen LogP contribution in [-0.4, -0.2) is 48.9 Å². The highest BCUT2D eigenvalue weighted by Gasteiger charge is 2.20. The Morgan fingerprint density at radius 1 is 1.30 bits per heavy atom. The average Bonchev–Trinajstić information content (AvgIpc) is 2.64. The van der Waals surface area contributed by atoms with E-state index in [0.717, 1.165) is 5.56 Å². The van der Waals surface area contributed by atoms with Gasteiger partial charge in [-0.15, -0.1) is 0 Å². The van der Waals surface area contributed by atoms with Gasteiger partial charge in [-0.2, -0.15) is 0 Å². The lowest BCUT2D eigenvalue weighted by Crippen LogP contribution is -2.42. The molecule has 0 bridgehead atoms. The number of hydrogen-bond acceptors (Lipinski definition) is 6. The normalized spacial score (nSPS) is 14.2. The van der Waals surface area contributed by atoms with E-state index >= 15 is 0 Å². The van der Waals surface area contributed by atoms with Crippen LogP contribution in [0.15, 0.2) is 35.1 Å². The molecule has 3 rings (SSSR count). The van der Waals surface area contributed by atoms with Gasteiger partial charge in [-0.1, -0.05) is 12.1 Å². The van der Waals surface area contributed by atoms with Gasteiger partial charge >= 0.3 is 0 Å². The molecule has 1 aliphatic heterocycles. The molecule has 144 valence electrons. The van der Waals surface area contributed by atoms with E-state index in [2.05, 4.69) is 10.3 Å². The van der Waals surface area contributed by atoms with Crippen LogP contribution in [0.2, 0.25) is 0 Å². The van der Waals surface area contributed by atoms with Gasteiger partial charge in [0.1, 0.15) is 6.54 Å². The van der Waals surface area contributed by atoms with Crippen molar-refractivity contribution in [1.82, 2.24) is 9.55 Å². The zero-order valence-electron chi connectivity index (χ0n) is 15.6. The minimum Gasteiger partial charge on any atom is -0.378 e. The molecular weight excluding hydrogens is 348 g/mol. The molecule has 8 heteroatoms. The Bertz CT molecular complexity index is 859. The van der Waals surface area contributed by atoms with Crippen LogP contribution in [0.4, 0.5) is 11.6 Å².